The van der Waals surface area contributed by atoms with Gasteiger partial charge in [0.15, 0.2) is 0 Å². The number of para-hydroxylation sites is 1. The van der Waals surface area contributed by atoms with Crippen molar-refractivity contribution in [2.45, 2.75) is 13.5 Å². The number of halogens is 1. The molecule has 2 N–H and O–H groups in total. The molecule has 0 aliphatic rings. The zero-order chi connectivity index (χ0) is 19.9. The normalized spacial score (nSPS) is 10.2. The van der Waals surface area contributed by atoms with Gasteiger partial charge in [-0.1, -0.05) is 41.9 Å². The van der Waals surface area contributed by atoms with Crippen LogP contribution in [-0.4, -0.2) is 11.8 Å². The van der Waals surface area contributed by atoms with Crippen LogP contribution in [0.3, 0.4) is 0 Å². The molecule has 0 spiro atoms. The van der Waals surface area contributed by atoms with Crippen molar-refractivity contribution in [2.75, 3.05) is 10.6 Å². The number of hydrogen-bond donors (Lipinski definition) is 2. The Morgan fingerprint density at radius 1 is 0.893 bits per heavy atom. The number of amides is 2. The number of nitrogens with one attached hydrogen (secondary N) is 2. The van der Waals surface area contributed by atoms with E-state index in [9.17, 15) is 9.59 Å². The molecule has 0 heterocycles. The topological polar surface area (TPSA) is 67.4 Å². The highest BCUT2D eigenvalue weighted by molar-refractivity contribution is 6.30. The second kappa shape index (κ2) is 9.06. The predicted octanol–water partition coefficient (Wildman–Crippen LogP) is 5.13. The molecule has 0 aromatic heterocycles. The Bertz CT molecular complexity index is 987. The van der Waals surface area contributed by atoms with E-state index in [1.807, 2.05) is 18.2 Å². The van der Waals surface area contributed by atoms with E-state index in [0.717, 1.165) is 5.56 Å². The van der Waals surface area contributed by atoms with Crippen molar-refractivity contribution >= 4 is 34.8 Å². The number of carbonyl (C=O) groups excluding carboxylic acids is 2. The molecule has 0 atom stereocenters. The minimum atomic E-state index is -0.299. The summed E-state index contributed by atoms with van der Waals surface area (Å²) in [4.78, 5) is 23.9. The Morgan fingerprint density at radius 3 is 2.29 bits per heavy atom. The lowest BCUT2D eigenvalue weighted by molar-refractivity contribution is -0.114. The monoisotopic (exact) mass is 394 g/mol. The van der Waals surface area contributed by atoms with Gasteiger partial charge in [0.2, 0.25) is 5.91 Å². The first-order valence-electron chi connectivity index (χ1n) is 8.66. The van der Waals surface area contributed by atoms with Crippen LogP contribution in [0.2, 0.25) is 5.02 Å². The Morgan fingerprint density at radius 2 is 1.57 bits per heavy atom. The molecule has 5 nitrogen and oxygen atoms in total. The molecular formula is C22H19ClN2O3. The van der Waals surface area contributed by atoms with Crippen LogP contribution in [-0.2, 0) is 11.4 Å². The summed E-state index contributed by atoms with van der Waals surface area (Å²) in [5.74, 6) is 0.00377. The molecule has 0 aliphatic heterocycles. The first kappa shape index (κ1) is 19.5. The van der Waals surface area contributed by atoms with Gasteiger partial charge in [0.05, 0.1) is 5.56 Å². The lowest BCUT2D eigenvalue weighted by atomic mass is 10.1. The fourth-order valence-electron chi connectivity index (χ4n) is 2.60. The van der Waals surface area contributed by atoms with Crippen molar-refractivity contribution in [1.82, 2.24) is 0 Å². The van der Waals surface area contributed by atoms with Gasteiger partial charge in [-0.05, 0) is 48.0 Å². The van der Waals surface area contributed by atoms with E-state index in [1.54, 1.807) is 54.6 Å². The maximum absolute atomic E-state index is 12.7. The van der Waals surface area contributed by atoms with Crippen molar-refractivity contribution in [2.24, 2.45) is 0 Å². The number of hydrogen-bond acceptors (Lipinski definition) is 3. The summed E-state index contributed by atoms with van der Waals surface area (Å²) < 4.78 is 5.84. The van der Waals surface area contributed by atoms with Crippen molar-refractivity contribution in [1.29, 1.82) is 0 Å². The second-order valence-electron chi connectivity index (χ2n) is 6.13. The molecule has 6 heteroatoms. The van der Waals surface area contributed by atoms with E-state index >= 15 is 0 Å². The SMILES string of the molecule is CC(=O)Nc1cccc(NC(=O)c2ccccc2OCc2ccc(Cl)cc2)c1. The standard InChI is InChI=1S/C22H19ClN2O3/c1-15(26)24-18-5-4-6-19(13-18)25-22(27)20-7-2-3-8-21(20)28-14-16-9-11-17(23)12-10-16/h2-13H,14H2,1H3,(H,24,26)(H,25,27). The molecule has 0 saturated carbocycles. The van der Waals surface area contributed by atoms with Crippen LogP contribution in [0.4, 0.5) is 11.4 Å². The maximum Gasteiger partial charge on any atom is 0.259 e. The number of benzene rings is 3. The highest BCUT2D eigenvalue weighted by Gasteiger charge is 2.13. The van der Waals surface area contributed by atoms with Gasteiger partial charge in [-0.25, -0.2) is 0 Å². The largest absolute Gasteiger partial charge is 0.488 e. The van der Waals surface area contributed by atoms with Crippen molar-refractivity contribution in [3.05, 3.63) is 88.9 Å². The van der Waals surface area contributed by atoms with Gasteiger partial charge in [-0.2, -0.15) is 0 Å². The van der Waals surface area contributed by atoms with Gasteiger partial charge < -0.3 is 15.4 Å². The van der Waals surface area contributed by atoms with Crippen molar-refractivity contribution in [3.63, 3.8) is 0 Å². The number of carbonyl (C=O) groups is 2. The lowest BCUT2D eigenvalue weighted by Crippen LogP contribution is -2.14. The van der Waals surface area contributed by atoms with Crippen molar-refractivity contribution in [3.8, 4) is 5.75 Å². The smallest absolute Gasteiger partial charge is 0.259 e. The quantitative estimate of drug-likeness (QED) is 0.609. The van der Waals surface area contributed by atoms with Gasteiger partial charge in [-0.15, -0.1) is 0 Å². The zero-order valence-corrected chi connectivity index (χ0v) is 16.0. The third-order valence-corrected chi connectivity index (χ3v) is 4.13. The highest BCUT2D eigenvalue weighted by atomic mass is 35.5. The summed E-state index contributed by atoms with van der Waals surface area (Å²) in [6, 6.07) is 21.3. The molecule has 0 unspecified atom stereocenters. The molecular weight excluding hydrogens is 376 g/mol. The highest BCUT2D eigenvalue weighted by Crippen LogP contribution is 2.22. The summed E-state index contributed by atoms with van der Waals surface area (Å²) >= 11 is 5.89. The Hall–Kier alpha value is -3.31. The van der Waals surface area contributed by atoms with Gasteiger partial charge in [0.1, 0.15) is 12.4 Å². The number of rotatable bonds is 6. The number of ether oxygens (including phenoxy) is 1. The molecule has 0 bridgehead atoms. The molecule has 28 heavy (non-hydrogen) atoms. The molecule has 0 aliphatic carbocycles. The van der Waals surface area contributed by atoms with Crippen LogP contribution in [0, 0.1) is 0 Å². The summed E-state index contributed by atoms with van der Waals surface area (Å²) in [5, 5.41) is 6.18. The van der Waals surface area contributed by atoms with Crippen LogP contribution in [0.5, 0.6) is 5.75 Å². The summed E-state index contributed by atoms with van der Waals surface area (Å²) in [7, 11) is 0. The molecule has 0 saturated heterocycles. The average Bonchev–Trinajstić information content (AvgIpc) is 2.67. The Labute approximate surface area is 168 Å². The Kier molecular flexibility index (Phi) is 6.29. The van der Waals surface area contributed by atoms with Crippen LogP contribution < -0.4 is 15.4 Å². The molecule has 3 aromatic rings. The van der Waals surface area contributed by atoms with Gasteiger partial charge in [0, 0.05) is 23.3 Å². The van der Waals surface area contributed by atoms with E-state index in [4.69, 9.17) is 16.3 Å². The molecule has 0 fully saturated rings. The van der Waals surface area contributed by atoms with E-state index in [-0.39, 0.29) is 11.8 Å². The van der Waals surface area contributed by atoms with E-state index in [2.05, 4.69) is 10.6 Å². The van der Waals surface area contributed by atoms with E-state index < -0.39 is 0 Å². The maximum atomic E-state index is 12.7. The fraction of sp³-hybridized carbons (Fsp3) is 0.0909. The molecule has 3 rings (SSSR count). The first-order chi connectivity index (χ1) is 13.5. The Balaban J connectivity index is 1.72. The average molecular weight is 395 g/mol. The van der Waals surface area contributed by atoms with Gasteiger partial charge in [0.25, 0.3) is 5.91 Å². The van der Waals surface area contributed by atoms with Crippen LogP contribution >= 0.6 is 11.6 Å². The van der Waals surface area contributed by atoms with E-state index in [0.29, 0.717) is 34.3 Å². The van der Waals surface area contributed by atoms with Crippen LogP contribution in [0.1, 0.15) is 22.8 Å². The molecule has 2 amide bonds. The molecule has 142 valence electrons. The van der Waals surface area contributed by atoms with Gasteiger partial charge >= 0.3 is 0 Å². The summed E-state index contributed by atoms with van der Waals surface area (Å²) in [6.07, 6.45) is 0. The minimum Gasteiger partial charge on any atom is -0.488 e. The summed E-state index contributed by atoms with van der Waals surface area (Å²) in [5.41, 5.74) is 2.55. The minimum absolute atomic E-state index is 0.176. The molecule has 0 radical (unpaired) electrons. The second-order valence-corrected chi connectivity index (χ2v) is 6.56. The predicted molar refractivity (Wildman–Crippen MR) is 111 cm³/mol. The van der Waals surface area contributed by atoms with Crippen LogP contribution in [0.15, 0.2) is 72.8 Å². The van der Waals surface area contributed by atoms with Crippen LogP contribution in [0.25, 0.3) is 0 Å². The summed E-state index contributed by atoms with van der Waals surface area (Å²) in [6.45, 7) is 1.75. The van der Waals surface area contributed by atoms with Crippen molar-refractivity contribution < 1.29 is 14.3 Å². The van der Waals surface area contributed by atoms with E-state index in [1.165, 1.54) is 6.92 Å². The third-order valence-electron chi connectivity index (χ3n) is 3.88. The third kappa shape index (κ3) is 5.34. The first-order valence-corrected chi connectivity index (χ1v) is 9.04. The lowest BCUT2D eigenvalue weighted by Gasteiger charge is -2.12. The number of anilines is 2. The molecule has 3 aromatic carbocycles. The zero-order valence-electron chi connectivity index (χ0n) is 15.2. The van der Waals surface area contributed by atoms with Gasteiger partial charge in [-0.3, -0.25) is 9.59 Å². The fourth-order valence-corrected chi connectivity index (χ4v) is 2.72.